The predicted octanol–water partition coefficient (Wildman–Crippen LogP) is 1.66. The molecule has 0 unspecified atom stereocenters. The van der Waals surface area contributed by atoms with Crippen LogP contribution in [0.1, 0.15) is 33.3 Å². The van der Waals surface area contributed by atoms with Crippen LogP contribution < -0.4 is 5.46 Å². The van der Waals surface area contributed by atoms with Gasteiger partial charge >= 0.3 is 14.7 Å². The van der Waals surface area contributed by atoms with Crippen LogP contribution in [0.25, 0.3) is 0 Å². The van der Waals surface area contributed by atoms with Crippen molar-refractivity contribution in [3.8, 4) is 0 Å². The first kappa shape index (κ1) is 15.7. The van der Waals surface area contributed by atoms with E-state index in [1.807, 2.05) is 27.7 Å². The molecule has 7 heteroatoms. The molecule has 0 bridgehead atoms. The maximum atomic E-state index is 11.0. The van der Waals surface area contributed by atoms with Gasteiger partial charge in [-0.05, 0) is 38.7 Å². The summed E-state index contributed by atoms with van der Waals surface area (Å²) in [4.78, 5) is 17.9. The average Bonchev–Trinajstić information content (AvgIpc) is 2.47. The van der Waals surface area contributed by atoms with Crippen LogP contribution in [0.3, 0.4) is 0 Å². The van der Waals surface area contributed by atoms with Crippen molar-refractivity contribution in [3.05, 3.63) is 29.8 Å². The molecule has 0 spiro atoms. The molecule has 1 aromatic carbocycles. The molecule has 0 aromatic heterocycles. The van der Waals surface area contributed by atoms with E-state index in [0.29, 0.717) is 5.56 Å². The largest absolute Gasteiger partial charge is 0.494 e. The van der Waals surface area contributed by atoms with Gasteiger partial charge in [0.2, 0.25) is 0 Å². The third-order valence-corrected chi connectivity index (χ3v) is 4.67. The van der Waals surface area contributed by atoms with Gasteiger partial charge in [-0.2, -0.15) is 0 Å². The SMILES string of the molecule is CC1(C)OB(c2ccc(CP(=O)(O)O)cc2)OC1(C)C. The van der Waals surface area contributed by atoms with Crippen molar-refractivity contribution in [1.29, 1.82) is 0 Å². The highest BCUT2D eigenvalue weighted by atomic mass is 31.2. The van der Waals surface area contributed by atoms with E-state index in [4.69, 9.17) is 19.1 Å². The van der Waals surface area contributed by atoms with E-state index >= 15 is 0 Å². The topological polar surface area (TPSA) is 76.0 Å². The predicted molar refractivity (Wildman–Crippen MR) is 77.9 cm³/mol. The van der Waals surface area contributed by atoms with Crippen molar-refractivity contribution in [2.45, 2.75) is 45.1 Å². The molecule has 1 aromatic rings. The van der Waals surface area contributed by atoms with Gasteiger partial charge in [0.05, 0.1) is 17.4 Å². The van der Waals surface area contributed by atoms with E-state index in [-0.39, 0.29) is 6.16 Å². The molecule has 1 heterocycles. The lowest BCUT2D eigenvalue weighted by molar-refractivity contribution is 0.00578. The zero-order valence-corrected chi connectivity index (χ0v) is 13.1. The fourth-order valence-corrected chi connectivity index (χ4v) is 2.68. The molecule has 2 rings (SSSR count). The highest BCUT2D eigenvalue weighted by molar-refractivity contribution is 7.50. The summed E-state index contributed by atoms with van der Waals surface area (Å²) in [6.45, 7) is 7.93. The lowest BCUT2D eigenvalue weighted by Gasteiger charge is -2.32. The van der Waals surface area contributed by atoms with Gasteiger partial charge in [-0.1, -0.05) is 24.3 Å². The van der Waals surface area contributed by atoms with Crippen molar-refractivity contribution in [3.63, 3.8) is 0 Å². The van der Waals surface area contributed by atoms with E-state index in [1.54, 1.807) is 24.3 Å². The van der Waals surface area contributed by atoms with Crippen LogP contribution in [0.4, 0.5) is 0 Å². The minimum Gasteiger partial charge on any atom is -0.399 e. The van der Waals surface area contributed by atoms with Crippen LogP contribution >= 0.6 is 7.60 Å². The lowest BCUT2D eigenvalue weighted by Crippen LogP contribution is -2.41. The Balaban J connectivity index is 2.14. The number of rotatable bonds is 3. The summed E-state index contributed by atoms with van der Waals surface area (Å²) in [5.74, 6) is 0. The maximum absolute atomic E-state index is 11.0. The highest BCUT2D eigenvalue weighted by Crippen LogP contribution is 2.39. The van der Waals surface area contributed by atoms with Gasteiger partial charge in [0.15, 0.2) is 0 Å². The third-order valence-electron chi connectivity index (χ3n) is 3.89. The second kappa shape index (κ2) is 4.97. The second-order valence-electron chi connectivity index (χ2n) is 6.15. The fraction of sp³-hybridized carbons (Fsp3) is 0.538. The molecule has 0 saturated carbocycles. The minimum atomic E-state index is -4.03. The van der Waals surface area contributed by atoms with Crippen LogP contribution in [0.2, 0.25) is 0 Å². The summed E-state index contributed by atoms with van der Waals surface area (Å²) in [6, 6.07) is 6.96. The molecule has 1 aliphatic heterocycles. The van der Waals surface area contributed by atoms with E-state index < -0.39 is 25.9 Å². The van der Waals surface area contributed by atoms with E-state index in [1.165, 1.54) is 0 Å². The first-order valence-corrected chi connectivity index (χ1v) is 8.29. The van der Waals surface area contributed by atoms with Gasteiger partial charge < -0.3 is 19.1 Å². The quantitative estimate of drug-likeness (QED) is 0.655. The summed E-state index contributed by atoms with van der Waals surface area (Å²) in [6.07, 6.45) is -0.253. The fourth-order valence-electron chi connectivity index (χ4n) is 2.00. The molecule has 0 atom stereocenters. The minimum absolute atomic E-state index is 0.253. The smallest absolute Gasteiger partial charge is 0.399 e. The van der Waals surface area contributed by atoms with Crippen LogP contribution in [0.15, 0.2) is 24.3 Å². The zero-order valence-electron chi connectivity index (χ0n) is 12.2. The normalized spacial score (nSPS) is 21.2. The Morgan fingerprint density at radius 1 is 1.05 bits per heavy atom. The first-order valence-electron chi connectivity index (χ1n) is 6.49. The van der Waals surface area contributed by atoms with Crippen molar-refractivity contribution in [1.82, 2.24) is 0 Å². The van der Waals surface area contributed by atoms with Gasteiger partial charge in [-0.15, -0.1) is 0 Å². The number of benzene rings is 1. The van der Waals surface area contributed by atoms with Crippen molar-refractivity contribution in [2.24, 2.45) is 0 Å². The summed E-state index contributed by atoms with van der Waals surface area (Å²) in [5, 5.41) is 0. The molecule has 2 N–H and O–H groups in total. The van der Waals surface area contributed by atoms with E-state index in [2.05, 4.69) is 0 Å². The Hall–Kier alpha value is -0.645. The van der Waals surface area contributed by atoms with E-state index in [0.717, 1.165) is 5.46 Å². The van der Waals surface area contributed by atoms with Gasteiger partial charge in [0, 0.05) is 0 Å². The highest BCUT2D eigenvalue weighted by Gasteiger charge is 2.51. The zero-order chi connectivity index (χ0) is 15.2. The standard InChI is InChI=1S/C13H20BO5P/c1-12(2)13(3,4)19-14(18-12)11-7-5-10(6-8-11)9-20(15,16)17/h5-8H,9H2,1-4H3,(H2,15,16,17). The maximum Gasteiger partial charge on any atom is 0.494 e. The molecule has 1 saturated heterocycles. The molecule has 1 aliphatic rings. The molecular weight excluding hydrogens is 278 g/mol. The van der Waals surface area contributed by atoms with Crippen molar-refractivity contribution >= 4 is 20.2 Å². The molecule has 110 valence electrons. The van der Waals surface area contributed by atoms with Gasteiger partial charge in [0.1, 0.15) is 0 Å². The Bertz CT molecular complexity index is 518. The molecule has 0 aliphatic carbocycles. The lowest BCUT2D eigenvalue weighted by atomic mass is 9.79. The Morgan fingerprint density at radius 2 is 1.50 bits per heavy atom. The summed E-state index contributed by atoms with van der Waals surface area (Å²) < 4.78 is 22.8. The number of hydrogen-bond donors (Lipinski definition) is 2. The molecular formula is C13H20BO5P. The van der Waals surface area contributed by atoms with Gasteiger partial charge in [0.25, 0.3) is 0 Å². The Kier molecular flexibility index (Phi) is 3.91. The average molecular weight is 298 g/mol. The third kappa shape index (κ3) is 3.33. The van der Waals surface area contributed by atoms with Crippen molar-refractivity contribution < 1.29 is 23.7 Å². The Labute approximate surface area is 119 Å². The van der Waals surface area contributed by atoms with Crippen molar-refractivity contribution in [2.75, 3.05) is 0 Å². The summed E-state index contributed by atoms with van der Waals surface area (Å²) >= 11 is 0. The second-order valence-corrected chi connectivity index (χ2v) is 7.80. The van der Waals surface area contributed by atoms with Gasteiger partial charge in [-0.3, -0.25) is 4.57 Å². The molecule has 0 radical (unpaired) electrons. The summed E-state index contributed by atoms with van der Waals surface area (Å²) in [7, 11) is -4.49. The Morgan fingerprint density at radius 3 is 1.90 bits per heavy atom. The molecule has 1 fully saturated rings. The van der Waals surface area contributed by atoms with Crippen LogP contribution in [0.5, 0.6) is 0 Å². The first-order chi connectivity index (χ1) is 9.00. The van der Waals surface area contributed by atoms with Crippen LogP contribution in [-0.4, -0.2) is 28.1 Å². The van der Waals surface area contributed by atoms with Gasteiger partial charge in [-0.25, -0.2) is 0 Å². The van der Waals surface area contributed by atoms with Crippen LogP contribution in [-0.2, 0) is 20.0 Å². The molecule has 5 nitrogen and oxygen atoms in total. The van der Waals surface area contributed by atoms with Crippen LogP contribution in [0, 0.1) is 0 Å². The molecule has 0 amide bonds. The molecule has 20 heavy (non-hydrogen) atoms. The summed E-state index contributed by atoms with van der Waals surface area (Å²) in [5.41, 5.74) is 0.640. The number of hydrogen-bond acceptors (Lipinski definition) is 3. The monoisotopic (exact) mass is 298 g/mol. The van der Waals surface area contributed by atoms with E-state index in [9.17, 15) is 4.57 Å².